The predicted molar refractivity (Wildman–Crippen MR) is 232 cm³/mol. The monoisotopic (exact) mass is 718 g/mol. The van der Waals surface area contributed by atoms with E-state index in [1.54, 1.807) is 0 Å². The van der Waals surface area contributed by atoms with Crippen LogP contribution in [0.2, 0.25) is 0 Å². The van der Waals surface area contributed by atoms with E-state index in [-0.39, 0.29) is 5.41 Å². The van der Waals surface area contributed by atoms with Crippen molar-refractivity contribution in [2.24, 2.45) is 0 Å². The zero-order valence-electron chi connectivity index (χ0n) is 30.2. The zero-order chi connectivity index (χ0) is 36.5. The summed E-state index contributed by atoms with van der Waals surface area (Å²) in [5.74, 6) is 0.715. The first kappa shape index (κ1) is 31.8. The highest BCUT2D eigenvalue weighted by molar-refractivity contribution is 7.26. The molecule has 1 aliphatic rings. The number of hydrogen-bond donors (Lipinski definition) is 0. The first-order valence-corrected chi connectivity index (χ1v) is 19.6. The standard InChI is InChI=1S/C52H34N2S/c1-52(38-19-6-3-7-20-38)43-24-11-10-22-40(43)49-41(23-13-25-44(49)52)46-32-45(53-51(54-46)34-15-4-2-5-16-34)37-18-12-17-35(30-37)36-26-28-42-48(31-36)55-47-29-27-33-14-8-9-21-39(33)50(42)47/h2-32H,1H3. The Morgan fingerprint density at radius 2 is 1.11 bits per heavy atom. The van der Waals surface area contributed by atoms with Crippen molar-refractivity contribution in [1.82, 2.24) is 9.97 Å². The van der Waals surface area contributed by atoms with E-state index in [9.17, 15) is 0 Å². The average molecular weight is 719 g/mol. The maximum atomic E-state index is 5.32. The number of rotatable bonds is 5. The summed E-state index contributed by atoms with van der Waals surface area (Å²) in [6.07, 6.45) is 0. The lowest BCUT2D eigenvalue weighted by Crippen LogP contribution is -2.22. The van der Waals surface area contributed by atoms with E-state index in [0.29, 0.717) is 5.82 Å². The van der Waals surface area contributed by atoms with Crippen molar-refractivity contribution in [3.05, 3.63) is 205 Å². The minimum absolute atomic E-state index is 0.293. The summed E-state index contributed by atoms with van der Waals surface area (Å²) in [6, 6.07) is 67.9. The van der Waals surface area contributed by atoms with E-state index in [2.05, 4.69) is 189 Å². The van der Waals surface area contributed by atoms with Gasteiger partial charge in [0.1, 0.15) is 0 Å². The van der Waals surface area contributed by atoms with Crippen molar-refractivity contribution >= 4 is 42.3 Å². The SMILES string of the molecule is CC1(c2ccccc2)c2ccccc2-c2c(-c3cc(-c4cccc(-c5ccc6c(c5)sc5ccc7ccccc7c56)c4)nc(-c4ccccc4)n3)cccc21. The van der Waals surface area contributed by atoms with Crippen LogP contribution in [0.3, 0.4) is 0 Å². The molecule has 0 amide bonds. The fourth-order valence-electron chi connectivity index (χ4n) is 8.87. The van der Waals surface area contributed by atoms with Gasteiger partial charge >= 0.3 is 0 Å². The van der Waals surface area contributed by atoms with Crippen LogP contribution in [0, 0.1) is 0 Å². The van der Waals surface area contributed by atoms with Gasteiger partial charge in [-0.1, -0.05) is 164 Å². The summed E-state index contributed by atoms with van der Waals surface area (Å²) in [7, 11) is 0. The minimum atomic E-state index is -0.293. The van der Waals surface area contributed by atoms with Gasteiger partial charge in [-0.3, -0.25) is 0 Å². The van der Waals surface area contributed by atoms with Crippen molar-refractivity contribution in [1.29, 1.82) is 0 Å². The summed E-state index contributed by atoms with van der Waals surface area (Å²) in [4.78, 5) is 10.6. The Hall–Kier alpha value is -6.68. The Morgan fingerprint density at radius 1 is 0.436 bits per heavy atom. The summed E-state index contributed by atoms with van der Waals surface area (Å²) in [6.45, 7) is 2.36. The molecule has 0 saturated carbocycles. The van der Waals surface area contributed by atoms with Crippen LogP contribution in [0.5, 0.6) is 0 Å². The molecule has 258 valence electrons. The molecule has 2 aromatic heterocycles. The molecule has 0 radical (unpaired) electrons. The zero-order valence-corrected chi connectivity index (χ0v) is 31.0. The van der Waals surface area contributed by atoms with Crippen molar-refractivity contribution < 1.29 is 0 Å². The smallest absolute Gasteiger partial charge is 0.160 e. The van der Waals surface area contributed by atoms with E-state index in [1.165, 1.54) is 64.3 Å². The summed E-state index contributed by atoms with van der Waals surface area (Å²) in [5.41, 5.74) is 13.4. The molecular weight excluding hydrogens is 685 g/mol. The highest BCUT2D eigenvalue weighted by atomic mass is 32.1. The van der Waals surface area contributed by atoms with Crippen molar-refractivity contribution in [2.45, 2.75) is 12.3 Å². The molecule has 10 aromatic rings. The van der Waals surface area contributed by atoms with Crippen LogP contribution in [0.25, 0.3) is 87.1 Å². The minimum Gasteiger partial charge on any atom is -0.228 e. The number of aromatic nitrogens is 2. The molecule has 0 aliphatic heterocycles. The van der Waals surface area contributed by atoms with Crippen molar-refractivity contribution in [3.8, 4) is 56.2 Å². The molecule has 0 N–H and O–H groups in total. The van der Waals surface area contributed by atoms with Crippen molar-refractivity contribution in [2.75, 3.05) is 0 Å². The second-order valence-electron chi connectivity index (χ2n) is 14.6. The highest BCUT2D eigenvalue weighted by Crippen LogP contribution is 2.55. The van der Waals surface area contributed by atoms with Gasteiger partial charge in [0.05, 0.1) is 11.4 Å². The summed E-state index contributed by atoms with van der Waals surface area (Å²) in [5, 5.41) is 5.25. The van der Waals surface area contributed by atoms with Crippen LogP contribution in [0.15, 0.2) is 188 Å². The van der Waals surface area contributed by atoms with Gasteiger partial charge in [0.25, 0.3) is 0 Å². The second kappa shape index (κ2) is 12.4. The van der Waals surface area contributed by atoms with E-state index >= 15 is 0 Å². The van der Waals surface area contributed by atoms with Crippen LogP contribution < -0.4 is 0 Å². The number of nitrogens with zero attached hydrogens (tertiary/aromatic N) is 2. The fraction of sp³-hybridized carbons (Fsp3) is 0.0385. The predicted octanol–water partition coefficient (Wildman–Crippen LogP) is 14.0. The molecule has 1 atom stereocenters. The molecule has 0 saturated heterocycles. The summed E-state index contributed by atoms with van der Waals surface area (Å²) < 4.78 is 2.62. The number of benzene rings is 8. The van der Waals surface area contributed by atoms with Crippen LogP contribution in [0.4, 0.5) is 0 Å². The van der Waals surface area contributed by atoms with Crippen LogP contribution in [-0.4, -0.2) is 9.97 Å². The molecule has 0 bridgehead atoms. The van der Waals surface area contributed by atoms with Crippen LogP contribution in [0.1, 0.15) is 23.6 Å². The largest absolute Gasteiger partial charge is 0.228 e. The molecule has 0 fully saturated rings. The van der Waals surface area contributed by atoms with Gasteiger partial charge in [0.2, 0.25) is 0 Å². The van der Waals surface area contributed by atoms with Gasteiger partial charge in [0.15, 0.2) is 5.82 Å². The Morgan fingerprint density at radius 3 is 2.00 bits per heavy atom. The number of thiophene rings is 1. The van der Waals surface area contributed by atoms with Gasteiger partial charge in [-0.15, -0.1) is 11.3 Å². The Bertz CT molecular complexity index is 3110. The first-order chi connectivity index (χ1) is 27.1. The Labute approximate surface area is 324 Å². The van der Waals surface area contributed by atoms with Gasteiger partial charge < -0.3 is 0 Å². The molecule has 1 unspecified atom stereocenters. The Balaban J connectivity index is 1.07. The third kappa shape index (κ3) is 5.01. The quantitative estimate of drug-likeness (QED) is 0.177. The van der Waals surface area contributed by atoms with E-state index in [4.69, 9.17) is 9.97 Å². The molecule has 2 heterocycles. The maximum Gasteiger partial charge on any atom is 0.160 e. The lowest BCUT2D eigenvalue weighted by atomic mass is 9.74. The molecule has 3 heteroatoms. The number of fused-ring (bicyclic) bond motifs is 8. The second-order valence-corrected chi connectivity index (χ2v) is 15.7. The van der Waals surface area contributed by atoms with E-state index in [1.807, 2.05) is 17.4 Å². The molecule has 11 rings (SSSR count). The van der Waals surface area contributed by atoms with E-state index < -0.39 is 0 Å². The van der Waals surface area contributed by atoms with Gasteiger partial charge in [0, 0.05) is 42.3 Å². The van der Waals surface area contributed by atoms with E-state index in [0.717, 1.165) is 33.6 Å². The van der Waals surface area contributed by atoms with Gasteiger partial charge in [-0.05, 0) is 80.9 Å². The normalized spacial score (nSPS) is 14.7. The van der Waals surface area contributed by atoms with Crippen molar-refractivity contribution in [3.63, 3.8) is 0 Å². The van der Waals surface area contributed by atoms with Gasteiger partial charge in [-0.25, -0.2) is 9.97 Å². The molecule has 2 nitrogen and oxygen atoms in total. The molecule has 0 spiro atoms. The lowest BCUT2D eigenvalue weighted by molar-refractivity contribution is 0.714. The number of hydrogen-bond acceptors (Lipinski definition) is 3. The first-order valence-electron chi connectivity index (χ1n) is 18.8. The average Bonchev–Trinajstić information content (AvgIpc) is 3.77. The van der Waals surface area contributed by atoms with Crippen LogP contribution in [-0.2, 0) is 5.41 Å². The van der Waals surface area contributed by atoms with Gasteiger partial charge in [-0.2, -0.15) is 0 Å². The third-order valence-corrected chi connectivity index (χ3v) is 12.7. The molecule has 8 aromatic carbocycles. The topological polar surface area (TPSA) is 25.8 Å². The molecule has 55 heavy (non-hydrogen) atoms. The molecular formula is C52H34N2S. The highest BCUT2D eigenvalue weighted by Gasteiger charge is 2.41. The Kier molecular flexibility index (Phi) is 7.20. The maximum absolute atomic E-state index is 5.32. The third-order valence-electron chi connectivity index (χ3n) is 11.6. The lowest BCUT2D eigenvalue weighted by Gasteiger charge is -2.28. The molecule has 1 aliphatic carbocycles. The fourth-order valence-corrected chi connectivity index (χ4v) is 10.0. The van der Waals surface area contributed by atoms with Crippen LogP contribution >= 0.6 is 11.3 Å². The summed E-state index contributed by atoms with van der Waals surface area (Å²) >= 11 is 1.87.